The van der Waals surface area contributed by atoms with E-state index in [-0.39, 0.29) is 17.8 Å². The Hall–Kier alpha value is -2.66. The SMILES string of the molecule is Cc1ccc(C(C)NC(=O)[C@@H](N)Cc2c[nH]c3ccccc23)cc1F. The van der Waals surface area contributed by atoms with Crippen LogP contribution in [0.1, 0.15) is 29.7 Å². The molecule has 0 aliphatic rings. The fourth-order valence-electron chi connectivity index (χ4n) is 2.91. The number of hydrogen-bond acceptors (Lipinski definition) is 2. The number of nitrogens with two attached hydrogens (primary N) is 1. The van der Waals surface area contributed by atoms with E-state index in [1.807, 2.05) is 43.5 Å². The summed E-state index contributed by atoms with van der Waals surface area (Å²) in [5.74, 6) is -0.527. The third kappa shape index (κ3) is 3.72. The van der Waals surface area contributed by atoms with Crippen molar-refractivity contribution >= 4 is 16.8 Å². The number of fused-ring (bicyclic) bond motifs is 1. The van der Waals surface area contributed by atoms with Crippen molar-refractivity contribution in [3.8, 4) is 0 Å². The van der Waals surface area contributed by atoms with Gasteiger partial charge in [-0.15, -0.1) is 0 Å². The number of aromatic amines is 1. The van der Waals surface area contributed by atoms with Crippen molar-refractivity contribution in [2.75, 3.05) is 0 Å². The zero-order chi connectivity index (χ0) is 18.0. The summed E-state index contributed by atoms with van der Waals surface area (Å²) in [5.41, 5.74) is 9.41. The maximum absolute atomic E-state index is 13.7. The Morgan fingerprint density at radius 1 is 1.28 bits per heavy atom. The van der Waals surface area contributed by atoms with E-state index in [0.717, 1.165) is 22.0 Å². The van der Waals surface area contributed by atoms with Crippen LogP contribution in [0.5, 0.6) is 0 Å². The second-order valence-electron chi connectivity index (χ2n) is 6.41. The van der Waals surface area contributed by atoms with Gasteiger partial charge in [0.05, 0.1) is 12.1 Å². The van der Waals surface area contributed by atoms with Gasteiger partial charge in [0.25, 0.3) is 0 Å². The summed E-state index contributed by atoms with van der Waals surface area (Å²) >= 11 is 0. The molecule has 130 valence electrons. The Morgan fingerprint density at radius 2 is 2.04 bits per heavy atom. The molecule has 1 amide bonds. The largest absolute Gasteiger partial charge is 0.361 e. The molecule has 2 atom stereocenters. The summed E-state index contributed by atoms with van der Waals surface area (Å²) in [6, 6.07) is 11.9. The molecule has 0 aliphatic carbocycles. The average Bonchev–Trinajstić information content (AvgIpc) is 3.00. The molecule has 0 aliphatic heterocycles. The third-order valence-corrected chi connectivity index (χ3v) is 4.51. The van der Waals surface area contributed by atoms with Crippen LogP contribution in [0.4, 0.5) is 4.39 Å². The maximum atomic E-state index is 13.7. The van der Waals surface area contributed by atoms with Crippen LogP contribution >= 0.6 is 0 Å². The van der Waals surface area contributed by atoms with E-state index in [1.54, 1.807) is 13.0 Å². The van der Waals surface area contributed by atoms with Crippen LogP contribution in [0.25, 0.3) is 10.9 Å². The van der Waals surface area contributed by atoms with Gasteiger partial charge in [0.1, 0.15) is 5.82 Å². The molecule has 0 saturated heterocycles. The number of hydrogen-bond donors (Lipinski definition) is 3. The van der Waals surface area contributed by atoms with Crippen LogP contribution in [0, 0.1) is 12.7 Å². The summed E-state index contributed by atoms with van der Waals surface area (Å²) in [6.07, 6.45) is 2.32. The van der Waals surface area contributed by atoms with Gasteiger partial charge in [-0.3, -0.25) is 4.79 Å². The highest BCUT2D eigenvalue weighted by Crippen LogP contribution is 2.20. The summed E-state index contributed by atoms with van der Waals surface area (Å²) in [7, 11) is 0. The van der Waals surface area contributed by atoms with Crippen molar-refractivity contribution in [1.29, 1.82) is 0 Å². The van der Waals surface area contributed by atoms with Crippen molar-refractivity contribution in [2.24, 2.45) is 5.73 Å². The molecule has 0 spiro atoms. The number of carbonyl (C=O) groups excluding carboxylic acids is 1. The lowest BCUT2D eigenvalue weighted by atomic mass is 10.0. The lowest BCUT2D eigenvalue weighted by molar-refractivity contribution is -0.123. The highest BCUT2D eigenvalue weighted by atomic mass is 19.1. The number of carbonyl (C=O) groups is 1. The Kier molecular flexibility index (Phi) is 4.86. The van der Waals surface area contributed by atoms with E-state index in [4.69, 9.17) is 5.73 Å². The van der Waals surface area contributed by atoms with Crippen LogP contribution in [-0.2, 0) is 11.2 Å². The van der Waals surface area contributed by atoms with Gasteiger partial charge in [-0.25, -0.2) is 4.39 Å². The van der Waals surface area contributed by atoms with Crippen LogP contribution in [0.3, 0.4) is 0 Å². The molecule has 0 bridgehead atoms. The van der Waals surface area contributed by atoms with Crippen LogP contribution in [0.2, 0.25) is 0 Å². The molecule has 1 aromatic heterocycles. The molecule has 0 saturated carbocycles. The topological polar surface area (TPSA) is 70.9 Å². The number of nitrogens with one attached hydrogen (secondary N) is 2. The minimum atomic E-state index is -0.669. The summed E-state index contributed by atoms with van der Waals surface area (Å²) in [5, 5.41) is 3.93. The number of aromatic nitrogens is 1. The van der Waals surface area contributed by atoms with Crippen molar-refractivity contribution in [3.05, 3.63) is 71.2 Å². The van der Waals surface area contributed by atoms with E-state index >= 15 is 0 Å². The standard InChI is InChI=1S/C20H22FN3O/c1-12-7-8-14(9-17(12)21)13(2)24-20(25)18(22)10-15-11-23-19-6-4-3-5-16(15)19/h3-9,11,13,18,23H,10,22H2,1-2H3,(H,24,25)/t13?,18-/m0/s1. The van der Waals surface area contributed by atoms with Gasteiger partial charge in [0, 0.05) is 17.1 Å². The molecule has 25 heavy (non-hydrogen) atoms. The molecular weight excluding hydrogens is 317 g/mol. The van der Waals surface area contributed by atoms with Crippen molar-refractivity contribution in [3.63, 3.8) is 0 Å². The second kappa shape index (κ2) is 7.07. The van der Waals surface area contributed by atoms with Gasteiger partial charge in [-0.1, -0.05) is 30.3 Å². The minimum Gasteiger partial charge on any atom is -0.361 e. The minimum absolute atomic E-state index is 0.251. The Morgan fingerprint density at radius 3 is 2.80 bits per heavy atom. The predicted molar refractivity (Wildman–Crippen MR) is 97.7 cm³/mol. The van der Waals surface area contributed by atoms with E-state index in [1.165, 1.54) is 6.07 Å². The molecular formula is C20H22FN3O. The average molecular weight is 339 g/mol. The van der Waals surface area contributed by atoms with Gasteiger partial charge >= 0.3 is 0 Å². The lowest BCUT2D eigenvalue weighted by Crippen LogP contribution is -2.42. The van der Waals surface area contributed by atoms with Gasteiger partial charge < -0.3 is 16.0 Å². The van der Waals surface area contributed by atoms with E-state index < -0.39 is 6.04 Å². The number of halogens is 1. The number of H-pyrrole nitrogens is 1. The molecule has 0 fully saturated rings. The molecule has 3 rings (SSSR count). The molecule has 1 heterocycles. The molecule has 0 radical (unpaired) electrons. The zero-order valence-electron chi connectivity index (χ0n) is 14.3. The van der Waals surface area contributed by atoms with E-state index in [0.29, 0.717) is 12.0 Å². The molecule has 4 nitrogen and oxygen atoms in total. The van der Waals surface area contributed by atoms with Crippen molar-refractivity contribution in [1.82, 2.24) is 10.3 Å². The zero-order valence-corrected chi connectivity index (χ0v) is 14.3. The van der Waals surface area contributed by atoms with Gasteiger partial charge in [-0.05, 0) is 49.1 Å². The fourth-order valence-corrected chi connectivity index (χ4v) is 2.91. The number of aryl methyl sites for hydroxylation is 1. The predicted octanol–water partition coefficient (Wildman–Crippen LogP) is 3.36. The highest BCUT2D eigenvalue weighted by Gasteiger charge is 2.19. The first kappa shape index (κ1) is 17.2. The Balaban J connectivity index is 1.67. The molecule has 2 aromatic carbocycles. The molecule has 4 N–H and O–H groups in total. The molecule has 3 aromatic rings. The van der Waals surface area contributed by atoms with Crippen LogP contribution in [-0.4, -0.2) is 16.9 Å². The first-order chi connectivity index (χ1) is 12.0. The van der Waals surface area contributed by atoms with Gasteiger partial charge in [0.2, 0.25) is 5.91 Å². The number of benzene rings is 2. The summed E-state index contributed by atoms with van der Waals surface area (Å²) in [4.78, 5) is 15.6. The van der Waals surface area contributed by atoms with E-state index in [2.05, 4.69) is 10.3 Å². The third-order valence-electron chi connectivity index (χ3n) is 4.51. The smallest absolute Gasteiger partial charge is 0.237 e. The normalized spacial score (nSPS) is 13.6. The molecule has 5 heteroatoms. The van der Waals surface area contributed by atoms with Crippen molar-refractivity contribution in [2.45, 2.75) is 32.4 Å². The van der Waals surface area contributed by atoms with Gasteiger partial charge in [-0.2, -0.15) is 0 Å². The van der Waals surface area contributed by atoms with Crippen LogP contribution in [0.15, 0.2) is 48.7 Å². The monoisotopic (exact) mass is 339 g/mol. The Labute approximate surface area is 146 Å². The first-order valence-corrected chi connectivity index (χ1v) is 8.32. The lowest BCUT2D eigenvalue weighted by Gasteiger charge is -2.18. The number of para-hydroxylation sites is 1. The maximum Gasteiger partial charge on any atom is 0.237 e. The summed E-state index contributed by atoms with van der Waals surface area (Å²) < 4.78 is 13.7. The molecule has 1 unspecified atom stereocenters. The van der Waals surface area contributed by atoms with Crippen LogP contribution < -0.4 is 11.1 Å². The van der Waals surface area contributed by atoms with E-state index in [9.17, 15) is 9.18 Å². The fraction of sp³-hybridized carbons (Fsp3) is 0.250. The van der Waals surface area contributed by atoms with Gasteiger partial charge in [0.15, 0.2) is 0 Å². The first-order valence-electron chi connectivity index (χ1n) is 8.32. The number of amides is 1. The highest BCUT2D eigenvalue weighted by molar-refractivity contribution is 5.86. The summed E-state index contributed by atoms with van der Waals surface area (Å²) in [6.45, 7) is 3.53. The second-order valence-corrected chi connectivity index (χ2v) is 6.41. The quantitative estimate of drug-likeness (QED) is 0.667. The number of rotatable bonds is 5. The Bertz CT molecular complexity index is 903. The van der Waals surface area contributed by atoms with Crippen molar-refractivity contribution < 1.29 is 9.18 Å².